The summed E-state index contributed by atoms with van der Waals surface area (Å²) in [4.78, 5) is 23.6. The van der Waals surface area contributed by atoms with Gasteiger partial charge in [-0.05, 0) is 42.8 Å². The van der Waals surface area contributed by atoms with Gasteiger partial charge in [-0.3, -0.25) is 20.4 Å². The van der Waals surface area contributed by atoms with Gasteiger partial charge in [-0.15, -0.1) is 10.2 Å². The van der Waals surface area contributed by atoms with E-state index in [9.17, 15) is 9.59 Å². The standard InChI is InChI=1S/C20H19ClN4O5S/c1-13-4-2-3-5-16(13)29-11-19-24-25-20(30-19)31-12-18(27)23-22-17(26)10-28-15-8-6-14(21)7-9-15/h2-9H,10-12H2,1H3,(H,22,26)(H,23,27). The van der Waals surface area contributed by atoms with E-state index in [0.717, 1.165) is 23.1 Å². The third-order valence-electron chi connectivity index (χ3n) is 3.74. The van der Waals surface area contributed by atoms with Gasteiger partial charge in [0.05, 0.1) is 5.75 Å². The lowest BCUT2D eigenvalue weighted by Gasteiger charge is -2.08. The van der Waals surface area contributed by atoms with Gasteiger partial charge in [0.25, 0.3) is 17.0 Å². The van der Waals surface area contributed by atoms with Crippen LogP contribution in [-0.2, 0) is 16.2 Å². The van der Waals surface area contributed by atoms with Gasteiger partial charge in [-0.25, -0.2) is 0 Å². The van der Waals surface area contributed by atoms with Gasteiger partial charge >= 0.3 is 0 Å². The molecule has 0 radical (unpaired) electrons. The second-order valence-electron chi connectivity index (χ2n) is 6.14. The van der Waals surface area contributed by atoms with Crippen LogP contribution in [0.2, 0.25) is 5.02 Å². The summed E-state index contributed by atoms with van der Waals surface area (Å²) in [7, 11) is 0. The molecule has 3 aromatic rings. The molecule has 9 nitrogen and oxygen atoms in total. The first-order valence-electron chi connectivity index (χ1n) is 9.09. The highest BCUT2D eigenvalue weighted by molar-refractivity contribution is 7.99. The number of thioether (sulfide) groups is 1. The van der Waals surface area contributed by atoms with Crippen LogP contribution in [0.3, 0.4) is 0 Å². The van der Waals surface area contributed by atoms with Crippen molar-refractivity contribution in [2.24, 2.45) is 0 Å². The molecule has 3 rings (SSSR count). The molecule has 0 spiro atoms. The summed E-state index contributed by atoms with van der Waals surface area (Å²) in [5, 5.41) is 8.52. The molecule has 2 amide bonds. The SMILES string of the molecule is Cc1ccccc1OCc1nnc(SCC(=O)NNC(=O)COc2ccc(Cl)cc2)o1. The fraction of sp³-hybridized carbons (Fsp3) is 0.200. The number of hydrazine groups is 1. The summed E-state index contributed by atoms with van der Waals surface area (Å²) in [5.74, 6) is 0.518. The maximum absolute atomic E-state index is 11.9. The molecule has 0 aliphatic rings. The van der Waals surface area contributed by atoms with Crippen molar-refractivity contribution in [3.05, 3.63) is 65.0 Å². The summed E-state index contributed by atoms with van der Waals surface area (Å²) in [5.41, 5.74) is 5.54. The zero-order chi connectivity index (χ0) is 22.1. The molecular formula is C20H19ClN4O5S. The zero-order valence-electron chi connectivity index (χ0n) is 16.5. The number of hydrogen-bond acceptors (Lipinski definition) is 8. The van der Waals surface area contributed by atoms with Crippen molar-refractivity contribution in [3.63, 3.8) is 0 Å². The monoisotopic (exact) mass is 462 g/mol. The van der Waals surface area contributed by atoms with Crippen LogP contribution in [0.4, 0.5) is 0 Å². The Labute approximate surface area is 187 Å². The van der Waals surface area contributed by atoms with Crippen molar-refractivity contribution in [2.45, 2.75) is 18.8 Å². The summed E-state index contributed by atoms with van der Waals surface area (Å²) in [6.45, 7) is 1.79. The second-order valence-corrected chi connectivity index (χ2v) is 7.51. The molecule has 0 saturated heterocycles. The van der Waals surface area contributed by atoms with Gasteiger partial charge in [0, 0.05) is 5.02 Å². The number of hydrogen-bond donors (Lipinski definition) is 2. The molecular weight excluding hydrogens is 444 g/mol. The fourth-order valence-electron chi connectivity index (χ4n) is 2.23. The fourth-order valence-corrected chi connectivity index (χ4v) is 2.94. The minimum Gasteiger partial charge on any atom is -0.484 e. The Hall–Kier alpha value is -3.24. The van der Waals surface area contributed by atoms with E-state index in [2.05, 4.69) is 21.0 Å². The van der Waals surface area contributed by atoms with Crippen molar-refractivity contribution >= 4 is 35.2 Å². The van der Waals surface area contributed by atoms with Crippen molar-refractivity contribution in [1.82, 2.24) is 21.0 Å². The Morgan fingerprint density at radius 2 is 1.77 bits per heavy atom. The minimum absolute atomic E-state index is 0.0292. The van der Waals surface area contributed by atoms with Gasteiger partial charge in [0.2, 0.25) is 5.91 Å². The quantitative estimate of drug-likeness (QED) is 0.368. The van der Waals surface area contributed by atoms with Gasteiger partial charge in [0.1, 0.15) is 11.5 Å². The largest absolute Gasteiger partial charge is 0.484 e. The van der Waals surface area contributed by atoms with E-state index in [4.69, 9.17) is 25.5 Å². The minimum atomic E-state index is -0.512. The zero-order valence-corrected chi connectivity index (χ0v) is 18.0. The highest BCUT2D eigenvalue weighted by atomic mass is 35.5. The predicted octanol–water partition coefficient (Wildman–Crippen LogP) is 2.93. The molecule has 0 atom stereocenters. The number of benzene rings is 2. The highest BCUT2D eigenvalue weighted by Crippen LogP contribution is 2.20. The molecule has 0 unspecified atom stereocenters. The number of ether oxygens (including phenoxy) is 2. The van der Waals surface area contributed by atoms with Gasteiger partial charge < -0.3 is 13.9 Å². The lowest BCUT2D eigenvalue weighted by Crippen LogP contribution is -2.44. The van der Waals surface area contributed by atoms with E-state index in [0.29, 0.717) is 16.7 Å². The van der Waals surface area contributed by atoms with Crippen LogP contribution in [-0.4, -0.2) is 34.4 Å². The number of nitrogens with zero attached hydrogens (tertiary/aromatic N) is 2. The summed E-state index contributed by atoms with van der Waals surface area (Å²) in [6.07, 6.45) is 0. The van der Waals surface area contributed by atoms with Crippen molar-refractivity contribution < 1.29 is 23.5 Å². The van der Waals surface area contributed by atoms with E-state index in [1.165, 1.54) is 0 Å². The molecule has 1 aromatic heterocycles. The number of aromatic nitrogens is 2. The summed E-state index contributed by atoms with van der Waals surface area (Å²) < 4.78 is 16.3. The van der Waals surface area contributed by atoms with Crippen molar-refractivity contribution in [1.29, 1.82) is 0 Å². The Balaban J connectivity index is 1.33. The first-order valence-corrected chi connectivity index (χ1v) is 10.5. The first-order chi connectivity index (χ1) is 15.0. The number of carbonyl (C=O) groups excluding carboxylic acids is 2. The number of amides is 2. The Bertz CT molecular complexity index is 1030. The molecule has 1 heterocycles. The van der Waals surface area contributed by atoms with Crippen LogP contribution in [0.1, 0.15) is 11.5 Å². The Morgan fingerprint density at radius 1 is 1.03 bits per heavy atom. The number of carbonyl (C=O) groups is 2. The Morgan fingerprint density at radius 3 is 2.55 bits per heavy atom. The molecule has 2 aromatic carbocycles. The number of nitrogens with one attached hydrogen (secondary N) is 2. The van der Waals surface area contributed by atoms with Crippen molar-refractivity contribution in [2.75, 3.05) is 12.4 Å². The van der Waals surface area contributed by atoms with E-state index in [1.54, 1.807) is 24.3 Å². The molecule has 162 valence electrons. The van der Waals surface area contributed by atoms with E-state index in [1.807, 2.05) is 31.2 Å². The average Bonchev–Trinajstić information content (AvgIpc) is 3.23. The molecule has 0 saturated carbocycles. The van der Waals surface area contributed by atoms with Gasteiger partial charge in [-0.1, -0.05) is 41.6 Å². The third kappa shape index (κ3) is 7.50. The third-order valence-corrected chi connectivity index (χ3v) is 4.82. The predicted molar refractivity (Wildman–Crippen MR) is 114 cm³/mol. The molecule has 2 N–H and O–H groups in total. The number of aryl methyl sites for hydroxylation is 1. The van der Waals surface area contributed by atoms with Crippen molar-refractivity contribution in [3.8, 4) is 11.5 Å². The lowest BCUT2D eigenvalue weighted by atomic mass is 10.2. The summed E-state index contributed by atoms with van der Waals surface area (Å²) >= 11 is 6.81. The van der Waals surface area contributed by atoms with Crippen LogP contribution < -0.4 is 20.3 Å². The molecule has 0 fully saturated rings. The number of rotatable bonds is 9. The van der Waals surface area contributed by atoms with E-state index < -0.39 is 11.8 Å². The maximum atomic E-state index is 11.9. The molecule has 31 heavy (non-hydrogen) atoms. The normalized spacial score (nSPS) is 10.4. The smallest absolute Gasteiger partial charge is 0.277 e. The highest BCUT2D eigenvalue weighted by Gasteiger charge is 2.11. The maximum Gasteiger partial charge on any atom is 0.277 e. The van der Waals surface area contributed by atoms with Crippen LogP contribution in [0.25, 0.3) is 0 Å². The second kappa shape index (κ2) is 11.2. The number of halogens is 1. The molecule has 11 heteroatoms. The van der Waals surface area contributed by atoms with Crippen LogP contribution in [0.15, 0.2) is 58.2 Å². The molecule has 0 aliphatic heterocycles. The molecule has 0 aliphatic carbocycles. The Kier molecular flexibility index (Phi) is 8.13. The van der Waals surface area contributed by atoms with Gasteiger partial charge in [-0.2, -0.15) is 0 Å². The van der Waals surface area contributed by atoms with E-state index in [-0.39, 0.29) is 24.2 Å². The topological polar surface area (TPSA) is 116 Å². The van der Waals surface area contributed by atoms with Gasteiger partial charge in [0.15, 0.2) is 13.2 Å². The average molecular weight is 463 g/mol. The number of para-hydroxylation sites is 1. The summed E-state index contributed by atoms with van der Waals surface area (Å²) in [6, 6.07) is 14.1. The first kappa shape index (κ1) is 22.4. The van der Waals surface area contributed by atoms with Crippen LogP contribution in [0.5, 0.6) is 11.5 Å². The lowest BCUT2D eigenvalue weighted by molar-refractivity contribution is -0.128. The van der Waals surface area contributed by atoms with Crippen LogP contribution in [0, 0.1) is 6.92 Å². The van der Waals surface area contributed by atoms with Crippen LogP contribution >= 0.6 is 23.4 Å². The van der Waals surface area contributed by atoms with E-state index >= 15 is 0 Å². The molecule has 0 bridgehead atoms.